The SMILES string of the molecule is CCN=C(N)C1CCOc2ccccc21. The number of amidine groups is 1. The molecule has 3 nitrogen and oxygen atoms in total. The van der Waals surface area contributed by atoms with Gasteiger partial charge in [-0.25, -0.2) is 0 Å². The van der Waals surface area contributed by atoms with Crippen molar-refractivity contribution in [2.75, 3.05) is 13.2 Å². The van der Waals surface area contributed by atoms with Crippen molar-refractivity contribution in [2.24, 2.45) is 10.7 Å². The number of fused-ring (bicyclic) bond motifs is 1. The van der Waals surface area contributed by atoms with Gasteiger partial charge in [-0.2, -0.15) is 0 Å². The van der Waals surface area contributed by atoms with E-state index in [1.807, 2.05) is 25.1 Å². The molecule has 0 amide bonds. The summed E-state index contributed by atoms with van der Waals surface area (Å²) < 4.78 is 5.57. The molecule has 1 atom stereocenters. The Morgan fingerprint density at radius 3 is 3.13 bits per heavy atom. The Labute approximate surface area is 90.0 Å². The molecule has 2 rings (SSSR count). The van der Waals surface area contributed by atoms with Gasteiger partial charge in [-0.3, -0.25) is 4.99 Å². The zero-order valence-corrected chi connectivity index (χ0v) is 8.94. The maximum absolute atomic E-state index is 5.97. The van der Waals surface area contributed by atoms with Gasteiger partial charge in [-0.15, -0.1) is 0 Å². The van der Waals surface area contributed by atoms with Gasteiger partial charge < -0.3 is 10.5 Å². The predicted octanol–water partition coefficient (Wildman–Crippen LogP) is 1.93. The fraction of sp³-hybridized carbons (Fsp3) is 0.417. The highest BCUT2D eigenvalue weighted by Crippen LogP contribution is 2.33. The molecule has 80 valence electrons. The molecule has 3 heteroatoms. The molecule has 0 bridgehead atoms. The number of nitrogens with zero attached hydrogens (tertiary/aromatic N) is 1. The first-order valence-corrected chi connectivity index (χ1v) is 5.34. The molecule has 1 aromatic rings. The van der Waals surface area contributed by atoms with E-state index >= 15 is 0 Å². The van der Waals surface area contributed by atoms with Gasteiger partial charge in [0.25, 0.3) is 0 Å². The van der Waals surface area contributed by atoms with Crippen LogP contribution < -0.4 is 10.5 Å². The second kappa shape index (κ2) is 4.34. The lowest BCUT2D eigenvalue weighted by Crippen LogP contribution is -2.27. The van der Waals surface area contributed by atoms with Crippen molar-refractivity contribution in [2.45, 2.75) is 19.3 Å². The van der Waals surface area contributed by atoms with Crippen LogP contribution in [0.2, 0.25) is 0 Å². The van der Waals surface area contributed by atoms with Crippen LogP contribution in [-0.4, -0.2) is 19.0 Å². The van der Waals surface area contributed by atoms with Gasteiger partial charge in [-0.05, 0) is 19.4 Å². The number of hydrogen-bond acceptors (Lipinski definition) is 2. The second-order valence-electron chi connectivity index (χ2n) is 3.63. The quantitative estimate of drug-likeness (QED) is 0.591. The minimum absolute atomic E-state index is 0.231. The highest BCUT2D eigenvalue weighted by Gasteiger charge is 2.23. The molecule has 1 aliphatic heterocycles. The van der Waals surface area contributed by atoms with Gasteiger partial charge >= 0.3 is 0 Å². The minimum Gasteiger partial charge on any atom is -0.493 e. The number of para-hydroxylation sites is 1. The van der Waals surface area contributed by atoms with E-state index < -0.39 is 0 Å². The summed E-state index contributed by atoms with van der Waals surface area (Å²) in [6, 6.07) is 8.05. The fourth-order valence-corrected chi connectivity index (χ4v) is 1.94. The van der Waals surface area contributed by atoms with Crippen LogP contribution in [0.15, 0.2) is 29.3 Å². The van der Waals surface area contributed by atoms with Crippen LogP contribution in [-0.2, 0) is 0 Å². The lowest BCUT2D eigenvalue weighted by Gasteiger charge is -2.25. The van der Waals surface area contributed by atoms with Crippen molar-refractivity contribution in [1.82, 2.24) is 0 Å². The van der Waals surface area contributed by atoms with E-state index in [1.165, 1.54) is 5.56 Å². The van der Waals surface area contributed by atoms with Gasteiger partial charge in [0.05, 0.1) is 6.61 Å². The predicted molar refractivity (Wildman–Crippen MR) is 61.5 cm³/mol. The normalized spacial score (nSPS) is 20.6. The monoisotopic (exact) mass is 204 g/mol. The van der Waals surface area contributed by atoms with Gasteiger partial charge in [-0.1, -0.05) is 18.2 Å². The molecule has 0 aromatic heterocycles. The summed E-state index contributed by atoms with van der Waals surface area (Å²) in [5, 5.41) is 0. The summed E-state index contributed by atoms with van der Waals surface area (Å²) >= 11 is 0. The van der Waals surface area contributed by atoms with Crippen LogP contribution in [0.1, 0.15) is 24.8 Å². The van der Waals surface area contributed by atoms with Crippen LogP contribution in [0.5, 0.6) is 5.75 Å². The van der Waals surface area contributed by atoms with Crippen LogP contribution in [0.4, 0.5) is 0 Å². The van der Waals surface area contributed by atoms with E-state index in [0.29, 0.717) is 0 Å². The smallest absolute Gasteiger partial charge is 0.123 e. The Kier molecular flexibility index (Phi) is 2.90. The van der Waals surface area contributed by atoms with Crippen LogP contribution in [0.3, 0.4) is 0 Å². The lowest BCUT2D eigenvalue weighted by atomic mass is 9.92. The van der Waals surface area contributed by atoms with Crippen LogP contribution in [0, 0.1) is 0 Å². The van der Waals surface area contributed by atoms with Gasteiger partial charge in [0, 0.05) is 18.0 Å². The van der Waals surface area contributed by atoms with E-state index in [0.717, 1.165) is 31.2 Å². The summed E-state index contributed by atoms with van der Waals surface area (Å²) in [6.07, 6.45) is 0.923. The standard InChI is InChI=1S/C12H16N2O/c1-2-14-12(13)10-7-8-15-11-6-4-3-5-9(10)11/h3-6,10H,2,7-8H2,1H3,(H2,13,14). The fourth-order valence-electron chi connectivity index (χ4n) is 1.94. The Hall–Kier alpha value is -1.51. The van der Waals surface area contributed by atoms with Crippen molar-refractivity contribution in [3.05, 3.63) is 29.8 Å². The van der Waals surface area contributed by atoms with Crippen molar-refractivity contribution in [3.8, 4) is 5.75 Å². The molecule has 0 spiro atoms. The van der Waals surface area contributed by atoms with Crippen molar-refractivity contribution in [1.29, 1.82) is 0 Å². The molecular formula is C12H16N2O. The number of ether oxygens (including phenoxy) is 1. The van der Waals surface area contributed by atoms with E-state index in [-0.39, 0.29) is 5.92 Å². The lowest BCUT2D eigenvalue weighted by molar-refractivity contribution is 0.282. The number of aliphatic imine (C=N–C) groups is 1. The van der Waals surface area contributed by atoms with Gasteiger partial charge in [0.1, 0.15) is 11.6 Å². The molecule has 0 saturated heterocycles. The molecule has 0 saturated carbocycles. The molecule has 2 N–H and O–H groups in total. The van der Waals surface area contributed by atoms with Crippen LogP contribution >= 0.6 is 0 Å². The second-order valence-corrected chi connectivity index (χ2v) is 3.63. The van der Waals surface area contributed by atoms with Crippen molar-refractivity contribution in [3.63, 3.8) is 0 Å². The van der Waals surface area contributed by atoms with Crippen molar-refractivity contribution >= 4 is 5.84 Å². The summed E-state index contributed by atoms with van der Waals surface area (Å²) in [5.41, 5.74) is 7.13. The first-order chi connectivity index (χ1) is 7.33. The molecule has 0 aliphatic carbocycles. The Morgan fingerprint density at radius 2 is 2.33 bits per heavy atom. The van der Waals surface area contributed by atoms with Gasteiger partial charge in [0.2, 0.25) is 0 Å². The third kappa shape index (κ3) is 1.96. The largest absolute Gasteiger partial charge is 0.493 e. The molecule has 1 heterocycles. The Bertz CT molecular complexity index is 374. The average molecular weight is 204 g/mol. The third-order valence-electron chi connectivity index (χ3n) is 2.66. The minimum atomic E-state index is 0.231. The average Bonchev–Trinajstić information content (AvgIpc) is 2.28. The maximum atomic E-state index is 5.97. The molecule has 0 fully saturated rings. The molecule has 1 unspecified atom stereocenters. The van der Waals surface area contributed by atoms with E-state index in [9.17, 15) is 0 Å². The first-order valence-electron chi connectivity index (χ1n) is 5.34. The zero-order chi connectivity index (χ0) is 10.7. The summed E-state index contributed by atoms with van der Waals surface area (Å²) in [7, 11) is 0. The number of rotatable bonds is 2. The summed E-state index contributed by atoms with van der Waals surface area (Å²) in [6.45, 7) is 3.46. The van der Waals surface area contributed by atoms with Gasteiger partial charge in [0.15, 0.2) is 0 Å². The molecular weight excluding hydrogens is 188 g/mol. The Balaban J connectivity index is 2.33. The molecule has 1 aliphatic rings. The number of nitrogens with two attached hydrogens (primary N) is 1. The summed E-state index contributed by atoms with van der Waals surface area (Å²) in [4.78, 5) is 4.29. The highest BCUT2D eigenvalue weighted by atomic mass is 16.5. The van der Waals surface area contributed by atoms with Crippen LogP contribution in [0.25, 0.3) is 0 Å². The zero-order valence-electron chi connectivity index (χ0n) is 8.94. The molecule has 15 heavy (non-hydrogen) atoms. The van der Waals surface area contributed by atoms with E-state index in [4.69, 9.17) is 10.5 Å². The first kappa shape index (κ1) is 10.0. The van der Waals surface area contributed by atoms with E-state index in [1.54, 1.807) is 0 Å². The third-order valence-corrected chi connectivity index (χ3v) is 2.66. The molecule has 0 radical (unpaired) electrons. The Morgan fingerprint density at radius 1 is 1.53 bits per heavy atom. The topological polar surface area (TPSA) is 47.6 Å². The number of hydrogen-bond donors (Lipinski definition) is 1. The maximum Gasteiger partial charge on any atom is 0.123 e. The summed E-state index contributed by atoms with van der Waals surface area (Å²) in [5.74, 6) is 1.91. The van der Waals surface area contributed by atoms with Crippen molar-refractivity contribution < 1.29 is 4.74 Å². The molecule has 1 aromatic carbocycles. The van der Waals surface area contributed by atoms with E-state index in [2.05, 4.69) is 11.1 Å². The number of benzene rings is 1. The highest BCUT2D eigenvalue weighted by molar-refractivity contribution is 5.88.